The molecule has 0 saturated heterocycles. The number of nitrogens with one attached hydrogen (secondary N) is 2. The third kappa shape index (κ3) is 6.37. The van der Waals surface area contributed by atoms with Crippen molar-refractivity contribution in [1.29, 1.82) is 5.26 Å². The molecule has 0 spiro atoms. The van der Waals surface area contributed by atoms with Crippen LogP contribution in [0.25, 0.3) is 0 Å². The zero-order valence-corrected chi connectivity index (χ0v) is 18.2. The molecule has 168 valence electrons. The second-order valence-corrected chi connectivity index (χ2v) is 8.07. The molecule has 5 nitrogen and oxygen atoms in total. The maximum absolute atomic E-state index is 13.0. The van der Waals surface area contributed by atoms with E-state index in [1.165, 1.54) is 23.9 Å². The highest BCUT2D eigenvalue weighted by Gasteiger charge is 2.28. The van der Waals surface area contributed by atoms with E-state index in [9.17, 15) is 28.0 Å². The van der Waals surface area contributed by atoms with Gasteiger partial charge in [-0.05, 0) is 48.9 Å². The lowest BCUT2D eigenvalue weighted by Crippen LogP contribution is -2.33. The molecule has 2 amide bonds. The van der Waals surface area contributed by atoms with Gasteiger partial charge in [0.05, 0.1) is 11.1 Å². The Balaban J connectivity index is 1.82. The second kappa shape index (κ2) is 10.2. The largest absolute Gasteiger partial charge is 0.405 e. The summed E-state index contributed by atoms with van der Waals surface area (Å²) in [6.45, 7) is 0.257. The normalized spacial score (nSPS) is 10.9. The molecule has 0 aliphatic heterocycles. The molecule has 0 aliphatic carbocycles. The lowest BCUT2D eigenvalue weighted by molar-refractivity contribution is -0.123. The van der Waals surface area contributed by atoms with Crippen LogP contribution in [0, 0.1) is 18.3 Å². The van der Waals surface area contributed by atoms with Gasteiger partial charge in [-0.25, -0.2) is 0 Å². The summed E-state index contributed by atoms with van der Waals surface area (Å²) in [7, 11) is 0. The Morgan fingerprint density at radius 1 is 0.970 bits per heavy atom. The van der Waals surface area contributed by atoms with Gasteiger partial charge >= 0.3 is 6.18 Å². The smallest absolute Gasteiger partial charge is 0.343 e. The van der Waals surface area contributed by atoms with E-state index in [4.69, 9.17) is 0 Å². The highest BCUT2D eigenvalue weighted by molar-refractivity contribution is 7.99. The number of nitrogens with zero attached hydrogens (tertiary/aromatic N) is 1. The monoisotopic (exact) mass is 469 g/mol. The van der Waals surface area contributed by atoms with Gasteiger partial charge in [0, 0.05) is 21.0 Å². The standard InChI is InChI=1S/C24H18F3N3O2S/c1-15-10-11-16(22(31)29-14-24(25,26)27)12-19(15)30-23(32)18-7-3-5-9-21(18)33-20-8-4-2-6-17(20)13-28/h2-12H,14H2,1H3,(H,29,31)(H,30,32). The fraction of sp³-hybridized carbons (Fsp3) is 0.125. The molecular weight excluding hydrogens is 451 g/mol. The minimum absolute atomic E-state index is 0.00856. The number of amides is 2. The summed E-state index contributed by atoms with van der Waals surface area (Å²) in [5, 5.41) is 13.9. The SMILES string of the molecule is Cc1ccc(C(=O)NCC(F)(F)F)cc1NC(=O)c1ccccc1Sc1ccccc1C#N. The van der Waals surface area contributed by atoms with Gasteiger partial charge in [-0.3, -0.25) is 9.59 Å². The van der Waals surface area contributed by atoms with Gasteiger partial charge in [-0.1, -0.05) is 42.1 Å². The molecule has 0 saturated carbocycles. The van der Waals surface area contributed by atoms with Crippen LogP contribution in [-0.2, 0) is 0 Å². The zero-order chi connectivity index (χ0) is 24.0. The minimum Gasteiger partial charge on any atom is -0.343 e. The van der Waals surface area contributed by atoms with Crippen LogP contribution in [0.3, 0.4) is 0 Å². The number of aryl methyl sites for hydroxylation is 1. The van der Waals surface area contributed by atoms with Crippen LogP contribution in [0.4, 0.5) is 18.9 Å². The van der Waals surface area contributed by atoms with E-state index < -0.39 is 24.5 Å². The van der Waals surface area contributed by atoms with Gasteiger partial charge in [-0.2, -0.15) is 18.4 Å². The summed E-state index contributed by atoms with van der Waals surface area (Å²) < 4.78 is 37.2. The molecule has 0 atom stereocenters. The Labute approximate surface area is 192 Å². The lowest BCUT2D eigenvalue weighted by Gasteiger charge is -2.14. The van der Waals surface area contributed by atoms with Crippen molar-refractivity contribution in [2.45, 2.75) is 22.9 Å². The fourth-order valence-corrected chi connectivity index (χ4v) is 3.90. The Kier molecular flexibility index (Phi) is 7.41. The third-order valence-corrected chi connectivity index (χ3v) is 5.71. The molecule has 0 unspecified atom stereocenters. The minimum atomic E-state index is -4.52. The molecule has 0 radical (unpaired) electrons. The quantitative estimate of drug-likeness (QED) is 0.495. The zero-order valence-electron chi connectivity index (χ0n) is 17.4. The van der Waals surface area contributed by atoms with Crippen LogP contribution in [-0.4, -0.2) is 24.5 Å². The van der Waals surface area contributed by atoms with E-state index in [0.717, 1.165) is 0 Å². The summed E-state index contributed by atoms with van der Waals surface area (Å²) in [6, 6.07) is 20.2. The molecule has 2 N–H and O–H groups in total. The maximum Gasteiger partial charge on any atom is 0.405 e. The van der Waals surface area contributed by atoms with Crippen molar-refractivity contribution in [2.75, 3.05) is 11.9 Å². The van der Waals surface area contributed by atoms with Crippen LogP contribution >= 0.6 is 11.8 Å². The Bertz CT molecular complexity index is 1240. The number of carbonyl (C=O) groups is 2. The molecule has 3 aromatic carbocycles. The first-order valence-corrected chi connectivity index (χ1v) is 10.5. The van der Waals surface area contributed by atoms with Crippen LogP contribution in [0.2, 0.25) is 0 Å². The van der Waals surface area contributed by atoms with E-state index >= 15 is 0 Å². The van der Waals surface area contributed by atoms with Gasteiger partial charge in [0.1, 0.15) is 12.6 Å². The van der Waals surface area contributed by atoms with E-state index in [-0.39, 0.29) is 5.56 Å². The van der Waals surface area contributed by atoms with Crippen molar-refractivity contribution in [3.05, 3.63) is 89.0 Å². The maximum atomic E-state index is 13.0. The predicted molar refractivity (Wildman–Crippen MR) is 119 cm³/mol. The van der Waals surface area contributed by atoms with Crippen LogP contribution < -0.4 is 10.6 Å². The number of hydrogen-bond donors (Lipinski definition) is 2. The van der Waals surface area contributed by atoms with Crippen LogP contribution in [0.5, 0.6) is 0 Å². The van der Waals surface area contributed by atoms with Gasteiger partial charge < -0.3 is 10.6 Å². The van der Waals surface area contributed by atoms with Crippen molar-refractivity contribution in [3.8, 4) is 6.07 Å². The highest BCUT2D eigenvalue weighted by Crippen LogP contribution is 2.33. The van der Waals surface area contributed by atoms with E-state index in [1.54, 1.807) is 61.5 Å². The average Bonchev–Trinajstić information content (AvgIpc) is 2.79. The van der Waals surface area contributed by atoms with Crippen LogP contribution in [0.15, 0.2) is 76.5 Å². The van der Waals surface area contributed by atoms with E-state index in [2.05, 4.69) is 11.4 Å². The molecule has 0 aliphatic rings. The number of nitriles is 1. The summed E-state index contributed by atoms with van der Waals surface area (Å²) in [5.74, 6) is -1.35. The number of carbonyl (C=O) groups excluding carboxylic acids is 2. The van der Waals surface area contributed by atoms with Crippen LogP contribution in [0.1, 0.15) is 31.8 Å². The number of alkyl halides is 3. The number of anilines is 1. The fourth-order valence-electron chi connectivity index (χ4n) is 2.88. The second-order valence-electron chi connectivity index (χ2n) is 6.99. The van der Waals surface area contributed by atoms with Crippen molar-refractivity contribution in [2.24, 2.45) is 0 Å². The van der Waals surface area contributed by atoms with E-state index in [0.29, 0.717) is 32.2 Å². The molecule has 33 heavy (non-hydrogen) atoms. The molecule has 0 fully saturated rings. The Morgan fingerprint density at radius 3 is 2.33 bits per heavy atom. The van der Waals surface area contributed by atoms with Gasteiger partial charge in [0.15, 0.2) is 0 Å². The third-order valence-electron chi connectivity index (χ3n) is 4.56. The van der Waals surface area contributed by atoms with Crippen molar-refractivity contribution < 1.29 is 22.8 Å². The van der Waals surface area contributed by atoms with Gasteiger partial charge in [0.2, 0.25) is 0 Å². The van der Waals surface area contributed by atoms with Crippen molar-refractivity contribution in [3.63, 3.8) is 0 Å². The summed E-state index contributed by atoms with van der Waals surface area (Å²) in [4.78, 5) is 26.4. The van der Waals surface area contributed by atoms with Crippen molar-refractivity contribution in [1.82, 2.24) is 5.32 Å². The topological polar surface area (TPSA) is 82.0 Å². The van der Waals surface area contributed by atoms with Gasteiger partial charge in [0.25, 0.3) is 11.8 Å². The molecule has 0 heterocycles. The molecule has 9 heteroatoms. The first-order valence-electron chi connectivity index (χ1n) is 9.71. The Morgan fingerprint density at radius 2 is 1.64 bits per heavy atom. The summed E-state index contributed by atoms with van der Waals surface area (Å²) >= 11 is 1.27. The molecule has 0 bridgehead atoms. The summed E-state index contributed by atoms with van der Waals surface area (Å²) in [5.41, 5.74) is 1.76. The molecule has 3 rings (SSSR count). The van der Waals surface area contributed by atoms with Crippen molar-refractivity contribution >= 4 is 29.3 Å². The molecule has 3 aromatic rings. The number of benzene rings is 3. The lowest BCUT2D eigenvalue weighted by atomic mass is 10.1. The summed E-state index contributed by atoms with van der Waals surface area (Å²) in [6.07, 6.45) is -4.52. The van der Waals surface area contributed by atoms with E-state index in [1.807, 2.05) is 5.32 Å². The first-order chi connectivity index (χ1) is 15.7. The van der Waals surface area contributed by atoms with Gasteiger partial charge in [-0.15, -0.1) is 0 Å². The average molecular weight is 469 g/mol. The molecule has 0 aromatic heterocycles. The molecular formula is C24H18F3N3O2S. The Hall–Kier alpha value is -3.77. The number of halogens is 3. The predicted octanol–water partition coefficient (Wildman–Crippen LogP) is 5.56. The highest BCUT2D eigenvalue weighted by atomic mass is 32.2. The number of hydrogen-bond acceptors (Lipinski definition) is 4. The number of rotatable bonds is 6. The first kappa shape index (κ1) is 23.9.